The van der Waals surface area contributed by atoms with Crippen molar-refractivity contribution in [3.05, 3.63) is 0 Å². The molecule has 1 saturated carbocycles. The van der Waals surface area contributed by atoms with Crippen LogP contribution in [0.1, 0.15) is 52.4 Å². The molecule has 2 atom stereocenters. The van der Waals surface area contributed by atoms with E-state index in [-0.39, 0.29) is 5.60 Å². The van der Waals surface area contributed by atoms with Crippen LogP contribution < -0.4 is 5.32 Å². The van der Waals surface area contributed by atoms with E-state index >= 15 is 0 Å². The van der Waals surface area contributed by atoms with Gasteiger partial charge in [-0.2, -0.15) is 0 Å². The minimum absolute atomic E-state index is 0.200. The first-order valence-corrected chi connectivity index (χ1v) is 6.17. The summed E-state index contributed by atoms with van der Waals surface area (Å²) in [6, 6.07) is 0.535. The summed E-state index contributed by atoms with van der Waals surface area (Å²) in [5.74, 6) is 0. The van der Waals surface area contributed by atoms with Crippen LogP contribution in [0.15, 0.2) is 0 Å². The standard InChI is InChI=1S/C12H23NO/c1-3-11-10(2)13-9-12(14-11)7-5-4-6-8-12/h10-11,13H,3-9H2,1-2H3. The van der Waals surface area contributed by atoms with Gasteiger partial charge in [0.2, 0.25) is 0 Å². The Morgan fingerprint density at radius 3 is 2.64 bits per heavy atom. The topological polar surface area (TPSA) is 21.3 Å². The first-order chi connectivity index (χ1) is 6.76. The van der Waals surface area contributed by atoms with E-state index in [4.69, 9.17) is 4.74 Å². The van der Waals surface area contributed by atoms with Gasteiger partial charge in [-0.3, -0.25) is 0 Å². The van der Waals surface area contributed by atoms with Crippen LogP contribution in [0.3, 0.4) is 0 Å². The zero-order valence-electron chi connectivity index (χ0n) is 9.51. The van der Waals surface area contributed by atoms with Crippen molar-refractivity contribution in [2.24, 2.45) is 0 Å². The molecule has 2 heteroatoms. The maximum atomic E-state index is 6.31. The van der Waals surface area contributed by atoms with Crippen molar-refractivity contribution < 1.29 is 4.74 Å². The Balaban J connectivity index is 1.99. The third-order valence-corrected chi connectivity index (χ3v) is 3.87. The summed E-state index contributed by atoms with van der Waals surface area (Å²) in [6.07, 6.45) is 8.21. The molecule has 2 nitrogen and oxygen atoms in total. The average molecular weight is 197 g/mol. The van der Waals surface area contributed by atoms with Gasteiger partial charge in [0.05, 0.1) is 11.7 Å². The second-order valence-corrected chi connectivity index (χ2v) is 4.98. The number of ether oxygens (including phenoxy) is 1. The van der Waals surface area contributed by atoms with Crippen molar-refractivity contribution in [2.45, 2.75) is 70.1 Å². The molecule has 1 N–H and O–H groups in total. The van der Waals surface area contributed by atoms with Gasteiger partial charge in [0.15, 0.2) is 0 Å². The first-order valence-electron chi connectivity index (χ1n) is 6.17. The van der Waals surface area contributed by atoms with Crippen LogP contribution in [-0.4, -0.2) is 24.3 Å². The Hall–Kier alpha value is -0.0800. The zero-order chi connectivity index (χ0) is 10.0. The Morgan fingerprint density at radius 2 is 2.00 bits per heavy atom. The van der Waals surface area contributed by atoms with Gasteiger partial charge in [-0.25, -0.2) is 0 Å². The number of nitrogens with one attached hydrogen (secondary N) is 1. The summed E-state index contributed by atoms with van der Waals surface area (Å²) in [5, 5.41) is 3.62. The molecule has 1 heterocycles. The van der Waals surface area contributed by atoms with Crippen molar-refractivity contribution in [3.8, 4) is 0 Å². The lowest BCUT2D eigenvalue weighted by Gasteiger charge is -2.46. The van der Waals surface area contributed by atoms with Gasteiger partial charge >= 0.3 is 0 Å². The predicted octanol–water partition coefficient (Wildman–Crippen LogP) is 2.48. The number of rotatable bonds is 1. The summed E-state index contributed by atoms with van der Waals surface area (Å²) < 4.78 is 6.31. The van der Waals surface area contributed by atoms with Crippen LogP contribution in [0, 0.1) is 0 Å². The molecule has 0 aromatic rings. The predicted molar refractivity (Wildman–Crippen MR) is 58.4 cm³/mol. The maximum Gasteiger partial charge on any atom is 0.0810 e. The highest BCUT2D eigenvalue weighted by molar-refractivity contribution is 4.93. The van der Waals surface area contributed by atoms with Crippen LogP contribution in [0.2, 0.25) is 0 Å². The van der Waals surface area contributed by atoms with Gasteiger partial charge in [-0.1, -0.05) is 26.2 Å². The molecule has 0 aromatic carbocycles. The van der Waals surface area contributed by atoms with Gasteiger partial charge in [0.25, 0.3) is 0 Å². The van der Waals surface area contributed by atoms with E-state index in [1.165, 1.54) is 32.1 Å². The molecule has 0 amide bonds. The summed E-state index contributed by atoms with van der Waals surface area (Å²) in [4.78, 5) is 0. The summed E-state index contributed by atoms with van der Waals surface area (Å²) >= 11 is 0. The fourth-order valence-corrected chi connectivity index (χ4v) is 2.87. The summed E-state index contributed by atoms with van der Waals surface area (Å²) in [5.41, 5.74) is 0.200. The average Bonchev–Trinajstić information content (AvgIpc) is 2.23. The number of hydrogen-bond donors (Lipinski definition) is 1. The van der Waals surface area contributed by atoms with E-state index in [9.17, 15) is 0 Å². The van der Waals surface area contributed by atoms with Gasteiger partial charge in [0.1, 0.15) is 0 Å². The van der Waals surface area contributed by atoms with Gasteiger partial charge in [0, 0.05) is 12.6 Å². The van der Waals surface area contributed by atoms with E-state index in [0.29, 0.717) is 12.1 Å². The normalized spacial score (nSPS) is 37.3. The Kier molecular flexibility index (Phi) is 3.13. The fraction of sp³-hybridized carbons (Fsp3) is 1.00. The van der Waals surface area contributed by atoms with Gasteiger partial charge in [-0.05, 0) is 26.2 Å². The van der Waals surface area contributed by atoms with Crippen LogP contribution in [0.25, 0.3) is 0 Å². The highest BCUT2D eigenvalue weighted by Gasteiger charge is 2.39. The lowest BCUT2D eigenvalue weighted by molar-refractivity contribution is -0.149. The van der Waals surface area contributed by atoms with Gasteiger partial charge in [-0.15, -0.1) is 0 Å². The van der Waals surface area contributed by atoms with Crippen LogP contribution >= 0.6 is 0 Å². The molecule has 82 valence electrons. The maximum absolute atomic E-state index is 6.31. The van der Waals surface area contributed by atoms with E-state index in [0.717, 1.165) is 13.0 Å². The monoisotopic (exact) mass is 197 g/mol. The molecule has 0 aromatic heterocycles. The minimum Gasteiger partial charge on any atom is -0.369 e. The molecule has 2 aliphatic rings. The SMILES string of the molecule is CCC1OC2(CCCCC2)CNC1C. The van der Waals surface area contributed by atoms with Crippen molar-refractivity contribution in [1.29, 1.82) is 0 Å². The van der Waals surface area contributed by atoms with Crippen LogP contribution in [-0.2, 0) is 4.74 Å². The molecular weight excluding hydrogens is 174 g/mol. The molecule has 0 bridgehead atoms. The fourth-order valence-electron chi connectivity index (χ4n) is 2.87. The van der Waals surface area contributed by atoms with Crippen molar-refractivity contribution in [3.63, 3.8) is 0 Å². The molecule has 2 rings (SSSR count). The summed E-state index contributed by atoms with van der Waals surface area (Å²) in [7, 11) is 0. The van der Waals surface area contributed by atoms with E-state index in [2.05, 4.69) is 19.2 Å². The van der Waals surface area contributed by atoms with Gasteiger partial charge < -0.3 is 10.1 Å². The Morgan fingerprint density at radius 1 is 1.29 bits per heavy atom. The van der Waals surface area contributed by atoms with E-state index in [1.54, 1.807) is 0 Å². The largest absolute Gasteiger partial charge is 0.369 e. The highest BCUT2D eigenvalue weighted by Crippen LogP contribution is 2.35. The molecule has 1 aliphatic heterocycles. The number of morpholine rings is 1. The van der Waals surface area contributed by atoms with Crippen molar-refractivity contribution in [2.75, 3.05) is 6.54 Å². The molecule has 1 aliphatic carbocycles. The lowest BCUT2D eigenvalue weighted by Crippen LogP contribution is -2.58. The van der Waals surface area contributed by atoms with E-state index < -0.39 is 0 Å². The van der Waals surface area contributed by atoms with Crippen molar-refractivity contribution in [1.82, 2.24) is 5.32 Å². The summed E-state index contributed by atoms with van der Waals surface area (Å²) in [6.45, 7) is 5.54. The van der Waals surface area contributed by atoms with Crippen LogP contribution in [0.5, 0.6) is 0 Å². The Bertz CT molecular complexity index is 187. The third kappa shape index (κ3) is 1.96. The smallest absolute Gasteiger partial charge is 0.0810 e. The molecule has 2 fully saturated rings. The third-order valence-electron chi connectivity index (χ3n) is 3.87. The quantitative estimate of drug-likeness (QED) is 0.697. The van der Waals surface area contributed by atoms with Crippen molar-refractivity contribution >= 4 is 0 Å². The lowest BCUT2D eigenvalue weighted by atomic mass is 9.82. The van der Waals surface area contributed by atoms with Crippen LogP contribution in [0.4, 0.5) is 0 Å². The molecule has 1 saturated heterocycles. The number of hydrogen-bond acceptors (Lipinski definition) is 2. The first kappa shape index (κ1) is 10.4. The Labute approximate surface area is 87.4 Å². The molecule has 0 radical (unpaired) electrons. The highest BCUT2D eigenvalue weighted by atomic mass is 16.5. The molecule has 2 unspecified atom stereocenters. The minimum atomic E-state index is 0.200. The molecule has 1 spiro atoms. The second kappa shape index (κ2) is 4.19. The molecular formula is C12H23NO. The second-order valence-electron chi connectivity index (χ2n) is 4.98. The zero-order valence-corrected chi connectivity index (χ0v) is 9.51. The molecule has 14 heavy (non-hydrogen) atoms. The van der Waals surface area contributed by atoms with E-state index in [1.807, 2.05) is 0 Å².